The molecule has 8 nitrogen and oxygen atoms in total. The lowest BCUT2D eigenvalue weighted by Gasteiger charge is -2.21. The molecule has 3 rings (SSSR count). The fraction of sp³-hybridized carbons (Fsp3) is 0.269. The maximum Gasteiger partial charge on any atom is 0.505 e. The maximum absolute atomic E-state index is 13.0. The van der Waals surface area contributed by atoms with E-state index in [0.29, 0.717) is 28.9 Å². The Kier molecular flexibility index (Phi) is 9.09. The number of benzene rings is 2. The molecule has 0 aliphatic heterocycles. The van der Waals surface area contributed by atoms with E-state index in [4.69, 9.17) is 9.63 Å². The molecule has 2 amide bonds. The van der Waals surface area contributed by atoms with Gasteiger partial charge in [-0.15, -0.1) is 11.3 Å². The van der Waals surface area contributed by atoms with E-state index in [-0.39, 0.29) is 18.4 Å². The van der Waals surface area contributed by atoms with Gasteiger partial charge in [0, 0.05) is 28.8 Å². The Bertz CT molecular complexity index is 1250. The summed E-state index contributed by atoms with van der Waals surface area (Å²) >= 11 is 1.55. The molecule has 0 saturated carbocycles. The van der Waals surface area contributed by atoms with E-state index in [1.807, 2.05) is 23.6 Å². The third-order valence-electron chi connectivity index (χ3n) is 4.93. The number of rotatable bonds is 9. The van der Waals surface area contributed by atoms with Gasteiger partial charge in [-0.2, -0.15) is 4.89 Å². The summed E-state index contributed by atoms with van der Waals surface area (Å²) in [4.78, 5) is 47.5. The third kappa shape index (κ3) is 8.09. The largest absolute Gasteiger partial charge is 0.505 e. The van der Waals surface area contributed by atoms with Crippen LogP contribution in [0.1, 0.15) is 54.3 Å². The van der Waals surface area contributed by atoms with Crippen molar-refractivity contribution in [3.05, 3.63) is 71.1 Å². The number of hydrogen-bond acceptors (Lipinski definition) is 6. The first-order valence-corrected chi connectivity index (χ1v) is 13.6. The second kappa shape index (κ2) is 12.0. The van der Waals surface area contributed by atoms with Crippen LogP contribution in [-0.4, -0.2) is 34.4 Å². The maximum atomic E-state index is 13.0. The van der Waals surface area contributed by atoms with E-state index < -0.39 is 25.6 Å². The van der Waals surface area contributed by atoms with Gasteiger partial charge < -0.3 is 10.1 Å². The first kappa shape index (κ1) is 27.2. The van der Waals surface area contributed by atoms with Crippen LogP contribution in [0.5, 0.6) is 0 Å². The van der Waals surface area contributed by atoms with Crippen molar-refractivity contribution in [2.45, 2.75) is 39.2 Å². The van der Waals surface area contributed by atoms with E-state index in [2.05, 4.69) is 10.6 Å². The molecular weight excluding hydrogens is 499 g/mol. The van der Waals surface area contributed by atoms with E-state index in [1.165, 1.54) is 0 Å². The van der Waals surface area contributed by atoms with Crippen molar-refractivity contribution < 1.29 is 28.6 Å². The Balaban J connectivity index is 1.78. The van der Waals surface area contributed by atoms with Gasteiger partial charge in [-0.25, -0.2) is 4.79 Å². The molecule has 0 aliphatic carbocycles. The molecule has 1 atom stereocenters. The number of amides is 2. The molecule has 0 fully saturated rings. The third-order valence-corrected chi connectivity index (χ3v) is 6.55. The van der Waals surface area contributed by atoms with Gasteiger partial charge in [-0.3, -0.25) is 14.9 Å². The van der Waals surface area contributed by atoms with Crippen molar-refractivity contribution in [2.24, 2.45) is 0 Å². The molecule has 0 bridgehead atoms. The van der Waals surface area contributed by atoms with E-state index in [9.17, 15) is 18.9 Å². The molecule has 0 aliphatic rings. The molecule has 10 heteroatoms. The highest BCUT2D eigenvalue weighted by Gasteiger charge is 2.19. The number of nitrogens with one attached hydrogen (secondary N) is 2. The van der Waals surface area contributed by atoms with Crippen molar-refractivity contribution in [1.82, 2.24) is 0 Å². The lowest BCUT2D eigenvalue weighted by molar-refractivity contribution is 0.0635. The minimum atomic E-state index is -2.26. The zero-order valence-electron chi connectivity index (χ0n) is 20.2. The molecule has 1 aromatic heterocycles. The first-order chi connectivity index (χ1) is 17.0. The van der Waals surface area contributed by atoms with Crippen LogP contribution in [0.25, 0.3) is 10.4 Å². The second-order valence-electron chi connectivity index (χ2n) is 9.00. The van der Waals surface area contributed by atoms with Gasteiger partial charge in [0.1, 0.15) is 5.60 Å². The molecular formula is C26H28N2O6PS+. The van der Waals surface area contributed by atoms with Crippen molar-refractivity contribution in [1.29, 1.82) is 0 Å². The van der Waals surface area contributed by atoms with E-state index in [0.717, 1.165) is 10.4 Å². The monoisotopic (exact) mass is 527 g/mol. The SMILES string of the molecule is CC(C)(C)OC(=O)Nc1ccc(-c2cccs2)cc1NC(=O)c1ccc(C(=O)CCC[P+](=O)O)cc1. The number of carbonyl (C=O) groups is 3. The normalized spacial score (nSPS) is 11.5. The van der Waals surface area contributed by atoms with Gasteiger partial charge in [-0.1, -0.05) is 24.3 Å². The van der Waals surface area contributed by atoms with Crippen LogP contribution in [-0.2, 0) is 9.30 Å². The summed E-state index contributed by atoms with van der Waals surface area (Å²) in [6, 6.07) is 15.4. The van der Waals surface area contributed by atoms with Gasteiger partial charge in [0.25, 0.3) is 5.91 Å². The first-order valence-electron chi connectivity index (χ1n) is 11.3. The summed E-state index contributed by atoms with van der Waals surface area (Å²) in [6.07, 6.45) is -0.0926. The molecule has 2 aromatic carbocycles. The average molecular weight is 528 g/mol. The van der Waals surface area contributed by atoms with Gasteiger partial charge >= 0.3 is 14.1 Å². The minimum absolute atomic E-state index is 0.0752. The molecule has 1 heterocycles. The molecule has 0 radical (unpaired) electrons. The number of ketones is 1. The number of carbonyl (C=O) groups excluding carboxylic acids is 3. The van der Waals surface area contributed by atoms with Crippen LogP contribution < -0.4 is 10.6 Å². The molecule has 0 spiro atoms. The van der Waals surface area contributed by atoms with Gasteiger partial charge in [0.2, 0.25) is 0 Å². The highest BCUT2D eigenvalue weighted by atomic mass is 32.1. The number of thiophene rings is 1. The van der Waals surface area contributed by atoms with Crippen LogP contribution in [0, 0.1) is 0 Å². The lowest BCUT2D eigenvalue weighted by Crippen LogP contribution is -2.27. The van der Waals surface area contributed by atoms with Crippen molar-refractivity contribution >= 4 is 48.5 Å². The van der Waals surface area contributed by atoms with E-state index in [1.54, 1.807) is 68.5 Å². The number of ether oxygens (including phenoxy) is 1. The number of anilines is 2. The number of Topliss-reactive ketones (excluding diaryl/α,β-unsaturated/α-hetero) is 1. The molecule has 3 N–H and O–H groups in total. The summed E-state index contributed by atoms with van der Waals surface area (Å²) < 4.78 is 16.1. The fourth-order valence-corrected chi connectivity index (χ4v) is 4.44. The molecule has 3 aromatic rings. The summed E-state index contributed by atoms with van der Waals surface area (Å²) in [6.45, 7) is 5.28. The quantitative estimate of drug-likeness (QED) is 0.210. The predicted molar refractivity (Wildman–Crippen MR) is 142 cm³/mol. The molecule has 1 unspecified atom stereocenters. The van der Waals surface area contributed by atoms with Crippen LogP contribution in [0.2, 0.25) is 0 Å². The van der Waals surface area contributed by atoms with Crippen molar-refractivity contribution in [3.63, 3.8) is 0 Å². The predicted octanol–water partition coefficient (Wildman–Crippen LogP) is 6.71. The van der Waals surface area contributed by atoms with Crippen LogP contribution in [0.15, 0.2) is 60.0 Å². The lowest BCUT2D eigenvalue weighted by atomic mass is 10.0. The van der Waals surface area contributed by atoms with Crippen LogP contribution >= 0.6 is 19.4 Å². The Labute approximate surface area is 214 Å². The summed E-state index contributed by atoms with van der Waals surface area (Å²) in [5.41, 5.74) is 1.73. The second-order valence-corrected chi connectivity index (χ2v) is 11.1. The van der Waals surface area contributed by atoms with Crippen LogP contribution in [0.3, 0.4) is 0 Å². The highest BCUT2D eigenvalue weighted by Crippen LogP contribution is 2.32. The smallest absolute Gasteiger partial charge is 0.444 e. The standard InChI is InChI=1S/C26H27N2O6PS/c1-26(2,3)34-25(31)28-20-13-12-19(23-7-5-15-36-23)16-21(20)27-24(30)18-10-8-17(9-11-18)22(29)6-4-14-35(32)33/h5,7-13,15-16H,4,6,14H2,1-3H3,(H2-,27,28,29,30,31,32,33)/p+1. The average Bonchev–Trinajstić information content (AvgIpc) is 3.34. The Hall–Kier alpha value is -3.39. The Morgan fingerprint density at radius 1 is 0.972 bits per heavy atom. The summed E-state index contributed by atoms with van der Waals surface area (Å²) in [7, 11) is -2.26. The molecule has 0 saturated heterocycles. The Morgan fingerprint density at radius 2 is 1.67 bits per heavy atom. The highest BCUT2D eigenvalue weighted by molar-refractivity contribution is 7.37. The van der Waals surface area contributed by atoms with Crippen LogP contribution in [0.4, 0.5) is 16.2 Å². The fourth-order valence-electron chi connectivity index (χ4n) is 3.29. The van der Waals surface area contributed by atoms with Gasteiger partial charge in [0.05, 0.1) is 11.4 Å². The minimum Gasteiger partial charge on any atom is -0.444 e. The topological polar surface area (TPSA) is 122 Å². The molecule has 188 valence electrons. The van der Waals surface area contributed by atoms with Crippen molar-refractivity contribution in [3.8, 4) is 10.4 Å². The summed E-state index contributed by atoms with van der Waals surface area (Å²) in [5.74, 6) is -0.576. The zero-order chi connectivity index (χ0) is 26.3. The molecule has 36 heavy (non-hydrogen) atoms. The van der Waals surface area contributed by atoms with Crippen molar-refractivity contribution in [2.75, 3.05) is 16.8 Å². The van der Waals surface area contributed by atoms with E-state index >= 15 is 0 Å². The zero-order valence-corrected chi connectivity index (χ0v) is 21.9. The summed E-state index contributed by atoms with van der Waals surface area (Å²) in [5, 5.41) is 7.49. The van der Waals surface area contributed by atoms with Gasteiger partial charge in [-0.05, 0) is 66.6 Å². The van der Waals surface area contributed by atoms with Gasteiger partial charge in [0.15, 0.2) is 11.9 Å². The number of hydrogen-bond donors (Lipinski definition) is 3. The Morgan fingerprint density at radius 3 is 2.28 bits per heavy atom.